The van der Waals surface area contributed by atoms with Crippen molar-refractivity contribution in [3.8, 4) is 11.5 Å². The second-order valence-electron chi connectivity index (χ2n) is 8.52. The van der Waals surface area contributed by atoms with Gasteiger partial charge in [0.05, 0.1) is 11.1 Å². The molecule has 2 N–H and O–H groups in total. The van der Waals surface area contributed by atoms with E-state index < -0.39 is 11.9 Å². The van der Waals surface area contributed by atoms with Crippen molar-refractivity contribution in [2.24, 2.45) is 0 Å². The molecule has 6 rings (SSSR count). The van der Waals surface area contributed by atoms with E-state index in [9.17, 15) is 19.8 Å². The van der Waals surface area contributed by atoms with Crippen LogP contribution in [-0.4, -0.2) is 22.2 Å². The number of hydrogen-bond donors (Lipinski definition) is 2. The lowest BCUT2D eigenvalue weighted by atomic mass is 9.78. The molecular weight excluding hydrogens is 508 g/mol. The molecule has 0 spiro atoms. The van der Waals surface area contributed by atoms with Crippen molar-refractivity contribution in [2.45, 2.75) is 5.92 Å². The fourth-order valence-electron chi connectivity index (χ4n) is 4.96. The number of aromatic carboxylic acids is 2. The lowest BCUT2D eigenvalue weighted by Crippen LogP contribution is -2.13. The van der Waals surface area contributed by atoms with Crippen molar-refractivity contribution in [3.63, 3.8) is 0 Å². The summed E-state index contributed by atoms with van der Waals surface area (Å²) in [5, 5.41) is 22.4. The summed E-state index contributed by atoms with van der Waals surface area (Å²) in [4.78, 5) is 23.1. The molecule has 1 heterocycles. The molecule has 0 atom stereocenters. The number of ether oxygens (including phenoxy) is 1. The minimum Gasteiger partial charge on any atom is -0.478 e. The maximum absolute atomic E-state index is 11.6. The SMILES string of the molecule is O=C(O)c1ccc2c3c(ccc2c1)Oc1ccc2cc(C(=O)O)ccc2c1C3c1ccc(Br)cc1. The van der Waals surface area contributed by atoms with Crippen molar-refractivity contribution in [2.75, 3.05) is 0 Å². The third-order valence-electron chi connectivity index (χ3n) is 6.54. The molecule has 0 amide bonds. The topological polar surface area (TPSA) is 83.8 Å². The van der Waals surface area contributed by atoms with Gasteiger partial charge in [-0.15, -0.1) is 0 Å². The number of rotatable bonds is 3. The molecule has 0 bridgehead atoms. The Labute approximate surface area is 208 Å². The maximum atomic E-state index is 11.6. The van der Waals surface area contributed by atoms with Crippen molar-refractivity contribution < 1.29 is 24.5 Å². The summed E-state index contributed by atoms with van der Waals surface area (Å²) in [5.41, 5.74) is 3.39. The second kappa shape index (κ2) is 7.96. The van der Waals surface area contributed by atoms with Crippen molar-refractivity contribution in [1.82, 2.24) is 0 Å². The standard InChI is InChI=1S/C29H17BrO5/c30-20-7-1-15(2-8-20)25-26-21-9-3-18(28(31)32)13-16(21)5-11-23(26)35-24-12-6-17-14-19(29(33)34)4-10-22(17)27(24)25/h1-14,25H,(H,31,32)(H,33,34). The van der Waals surface area contributed by atoms with Crippen molar-refractivity contribution in [3.05, 3.63) is 117 Å². The number of carboxylic acids is 2. The minimum atomic E-state index is -0.976. The molecule has 35 heavy (non-hydrogen) atoms. The molecule has 0 aliphatic carbocycles. The molecule has 5 aromatic rings. The molecule has 0 fully saturated rings. The average molecular weight is 525 g/mol. The van der Waals surface area contributed by atoms with E-state index in [1.54, 1.807) is 24.3 Å². The highest BCUT2D eigenvalue weighted by Crippen LogP contribution is 2.52. The van der Waals surface area contributed by atoms with Gasteiger partial charge in [0.25, 0.3) is 0 Å². The smallest absolute Gasteiger partial charge is 0.335 e. The van der Waals surface area contributed by atoms with Crippen molar-refractivity contribution in [1.29, 1.82) is 0 Å². The summed E-state index contributed by atoms with van der Waals surface area (Å²) in [7, 11) is 0. The van der Waals surface area contributed by atoms with Crippen LogP contribution in [0.2, 0.25) is 0 Å². The molecule has 1 aliphatic rings. The van der Waals surface area contributed by atoms with Crippen LogP contribution >= 0.6 is 15.9 Å². The predicted octanol–water partition coefficient (Wildman–Crippen LogP) is 7.44. The zero-order valence-corrected chi connectivity index (χ0v) is 19.7. The molecule has 6 heteroatoms. The Morgan fingerprint density at radius 2 is 1.14 bits per heavy atom. The fourth-order valence-corrected chi connectivity index (χ4v) is 5.22. The van der Waals surface area contributed by atoms with Gasteiger partial charge in [0.2, 0.25) is 0 Å². The summed E-state index contributed by atoms with van der Waals surface area (Å²) in [6.07, 6.45) is 0. The Morgan fingerprint density at radius 1 is 0.657 bits per heavy atom. The van der Waals surface area contributed by atoms with E-state index in [0.29, 0.717) is 11.5 Å². The highest BCUT2D eigenvalue weighted by Gasteiger charge is 2.32. The molecule has 0 saturated heterocycles. The van der Waals surface area contributed by atoms with Gasteiger partial charge in [0.1, 0.15) is 11.5 Å². The molecule has 5 nitrogen and oxygen atoms in total. The Kier molecular flexibility index (Phi) is 4.86. The second-order valence-corrected chi connectivity index (χ2v) is 9.44. The van der Waals surface area contributed by atoms with E-state index >= 15 is 0 Å². The van der Waals surface area contributed by atoms with Crippen molar-refractivity contribution >= 4 is 49.4 Å². The van der Waals surface area contributed by atoms with Gasteiger partial charge in [-0.2, -0.15) is 0 Å². The van der Waals surface area contributed by atoms with Crippen LogP contribution in [0.3, 0.4) is 0 Å². The molecule has 170 valence electrons. The van der Waals surface area contributed by atoms with E-state index in [0.717, 1.165) is 42.7 Å². The number of fused-ring (bicyclic) bond motifs is 6. The first-order valence-electron chi connectivity index (χ1n) is 10.9. The van der Waals surface area contributed by atoms with E-state index in [4.69, 9.17) is 4.74 Å². The first-order valence-corrected chi connectivity index (χ1v) is 11.7. The highest BCUT2D eigenvalue weighted by molar-refractivity contribution is 9.10. The van der Waals surface area contributed by atoms with Gasteiger partial charge in [-0.05, 0) is 75.6 Å². The summed E-state index contributed by atoms with van der Waals surface area (Å²) >= 11 is 3.52. The van der Waals surface area contributed by atoms with Crippen LogP contribution in [0.15, 0.2) is 89.4 Å². The Bertz CT molecular complexity index is 1580. The van der Waals surface area contributed by atoms with Gasteiger partial charge in [-0.1, -0.05) is 52.3 Å². The largest absolute Gasteiger partial charge is 0.478 e. The molecule has 0 unspecified atom stereocenters. The molecule has 5 aromatic carbocycles. The summed E-state index contributed by atoms with van der Waals surface area (Å²) in [5.74, 6) is -0.739. The molecule has 0 aromatic heterocycles. The van der Waals surface area contributed by atoms with Crippen LogP contribution in [-0.2, 0) is 0 Å². The number of carbonyl (C=O) groups is 2. The van der Waals surface area contributed by atoms with E-state index in [1.165, 1.54) is 0 Å². The molecule has 0 radical (unpaired) electrons. The first kappa shape index (κ1) is 21.4. The average Bonchev–Trinajstić information content (AvgIpc) is 2.86. The molecule has 1 aliphatic heterocycles. The van der Waals surface area contributed by atoms with Gasteiger partial charge in [-0.25, -0.2) is 9.59 Å². The summed E-state index contributed by atoms with van der Waals surface area (Å²) < 4.78 is 7.34. The third kappa shape index (κ3) is 3.45. The summed E-state index contributed by atoms with van der Waals surface area (Å²) in [6.45, 7) is 0. The van der Waals surface area contributed by atoms with E-state index in [1.807, 2.05) is 48.5 Å². The van der Waals surface area contributed by atoms with Crippen LogP contribution in [0, 0.1) is 0 Å². The predicted molar refractivity (Wildman–Crippen MR) is 137 cm³/mol. The van der Waals surface area contributed by atoms with Crippen LogP contribution < -0.4 is 4.74 Å². The van der Waals surface area contributed by atoms with E-state index in [-0.39, 0.29) is 17.0 Å². The monoisotopic (exact) mass is 524 g/mol. The highest BCUT2D eigenvalue weighted by atomic mass is 79.9. The number of carboxylic acid groups (broad SMARTS) is 2. The zero-order chi connectivity index (χ0) is 24.3. The van der Waals surface area contributed by atoms with Gasteiger partial charge < -0.3 is 14.9 Å². The zero-order valence-electron chi connectivity index (χ0n) is 18.2. The van der Waals surface area contributed by atoms with Crippen LogP contribution in [0.1, 0.15) is 43.3 Å². The van der Waals surface area contributed by atoms with Crippen LogP contribution in [0.25, 0.3) is 21.5 Å². The Morgan fingerprint density at radius 3 is 1.60 bits per heavy atom. The van der Waals surface area contributed by atoms with Gasteiger partial charge in [0, 0.05) is 21.5 Å². The number of hydrogen-bond acceptors (Lipinski definition) is 3. The van der Waals surface area contributed by atoms with Gasteiger partial charge in [0.15, 0.2) is 0 Å². The van der Waals surface area contributed by atoms with Crippen LogP contribution in [0.4, 0.5) is 0 Å². The first-order chi connectivity index (χ1) is 16.9. The lowest BCUT2D eigenvalue weighted by Gasteiger charge is -2.31. The quantitative estimate of drug-likeness (QED) is 0.251. The number of halogens is 1. The summed E-state index contributed by atoms with van der Waals surface area (Å²) in [6, 6.07) is 25.9. The molecular formula is C29H17BrO5. The molecule has 0 saturated carbocycles. The van der Waals surface area contributed by atoms with Gasteiger partial charge in [-0.3, -0.25) is 0 Å². The third-order valence-corrected chi connectivity index (χ3v) is 7.07. The maximum Gasteiger partial charge on any atom is 0.335 e. The fraction of sp³-hybridized carbons (Fsp3) is 0.0345. The normalized spacial score (nSPS) is 12.7. The number of benzene rings is 5. The lowest BCUT2D eigenvalue weighted by molar-refractivity contribution is 0.0686. The van der Waals surface area contributed by atoms with Crippen LogP contribution in [0.5, 0.6) is 11.5 Å². The minimum absolute atomic E-state index is 0.208. The van der Waals surface area contributed by atoms with Gasteiger partial charge >= 0.3 is 11.9 Å². The Balaban J connectivity index is 1.68. The van der Waals surface area contributed by atoms with E-state index in [2.05, 4.69) is 28.1 Å². The Hall–Kier alpha value is -4.16.